The molecule has 31 heavy (non-hydrogen) atoms. The fourth-order valence-corrected chi connectivity index (χ4v) is 4.03. The Balaban J connectivity index is 1.42. The van der Waals surface area contributed by atoms with E-state index in [0.29, 0.717) is 0 Å². The normalized spacial score (nSPS) is 14.2. The number of hydrogen-bond acceptors (Lipinski definition) is 6. The van der Waals surface area contributed by atoms with Crippen LogP contribution in [0.15, 0.2) is 33.7 Å². The van der Waals surface area contributed by atoms with E-state index in [9.17, 15) is 14.4 Å². The average molecular weight is 423 g/mol. The molecule has 0 saturated heterocycles. The number of nitrogens with zero attached hydrogens (tertiary/aromatic N) is 2. The van der Waals surface area contributed by atoms with Gasteiger partial charge in [0, 0.05) is 7.05 Å². The molecular weight excluding hydrogens is 398 g/mol. The van der Waals surface area contributed by atoms with Gasteiger partial charge in [0.05, 0.1) is 6.04 Å². The second-order valence-corrected chi connectivity index (χ2v) is 7.97. The molecule has 4 rings (SSSR count). The van der Waals surface area contributed by atoms with Crippen LogP contribution in [0.1, 0.15) is 58.6 Å². The van der Waals surface area contributed by atoms with Gasteiger partial charge in [0.2, 0.25) is 5.71 Å². The third-order valence-corrected chi connectivity index (χ3v) is 5.74. The molecule has 2 heterocycles. The van der Waals surface area contributed by atoms with Crippen LogP contribution in [0.25, 0.3) is 11.1 Å². The minimum atomic E-state index is -0.794. The summed E-state index contributed by atoms with van der Waals surface area (Å²) >= 11 is 0. The summed E-state index contributed by atoms with van der Waals surface area (Å²) in [7, 11) is 1.53. The van der Waals surface area contributed by atoms with Crippen LogP contribution < -0.4 is 10.9 Å². The van der Waals surface area contributed by atoms with Gasteiger partial charge in [-0.25, -0.2) is 9.78 Å². The van der Waals surface area contributed by atoms with Gasteiger partial charge in [0.1, 0.15) is 23.0 Å². The number of furan rings is 1. The minimum absolute atomic E-state index is 0.000708. The molecule has 2 aromatic heterocycles. The summed E-state index contributed by atoms with van der Waals surface area (Å²) < 4.78 is 11.8. The molecular formula is C23H25N3O5. The van der Waals surface area contributed by atoms with Crippen molar-refractivity contribution in [3.63, 3.8) is 0 Å². The first-order chi connectivity index (χ1) is 14.8. The van der Waals surface area contributed by atoms with Crippen molar-refractivity contribution in [1.29, 1.82) is 0 Å². The van der Waals surface area contributed by atoms with Gasteiger partial charge >= 0.3 is 5.97 Å². The number of aryl methyl sites for hydroxylation is 4. The number of amides is 1. The molecule has 0 saturated carbocycles. The number of rotatable bonds is 5. The number of hydrogen-bond donors (Lipinski definition) is 1. The van der Waals surface area contributed by atoms with Gasteiger partial charge < -0.3 is 19.0 Å². The summed E-state index contributed by atoms with van der Waals surface area (Å²) in [6, 6.07) is 6.10. The maximum Gasteiger partial charge on any atom is 0.343 e. The maximum atomic E-state index is 12.6. The topological polar surface area (TPSA) is 103 Å². The second-order valence-electron chi connectivity index (χ2n) is 7.97. The van der Waals surface area contributed by atoms with Crippen LogP contribution in [0.5, 0.6) is 0 Å². The summed E-state index contributed by atoms with van der Waals surface area (Å²) in [4.78, 5) is 41.4. The van der Waals surface area contributed by atoms with Crippen LogP contribution in [0.3, 0.4) is 0 Å². The van der Waals surface area contributed by atoms with Crippen LogP contribution >= 0.6 is 0 Å². The number of ether oxygens (including phenoxy) is 1. The van der Waals surface area contributed by atoms with Crippen molar-refractivity contribution >= 4 is 23.0 Å². The lowest BCUT2D eigenvalue weighted by atomic mass is 9.89. The molecule has 8 heteroatoms. The fraction of sp³-hybridized carbons (Fsp3) is 0.391. The molecule has 1 aliphatic rings. The fourth-order valence-electron chi connectivity index (χ4n) is 4.03. The van der Waals surface area contributed by atoms with Gasteiger partial charge in [0.25, 0.3) is 11.5 Å². The highest BCUT2D eigenvalue weighted by Crippen LogP contribution is 2.25. The second kappa shape index (κ2) is 8.37. The Morgan fingerprint density at radius 2 is 2.00 bits per heavy atom. The first-order valence-corrected chi connectivity index (χ1v) is 10.4. The van der Waals surface area contributed by atoms with E-state index in [2.05, 4.69) is 22.4 Å². The highest BCUT2D eigenvalue weighted by molar-refractivity contribution is 6.03. The third-order valence-electron chi connectivity index (χ3n) is 5.74. The van der Waals surface area contributed by atoms with Crippen LogP contribution in [-0.4, -0.2) is 28.0 Å². The van der Waals surface area contributed by atoms with E-state index >= 15 is 0 Å². The quantitative estimate of drug-likeness (QED) is 0.633. The number of carbonyl (C=O) groups is 2. The summed E-state index contributed by atoms with van der Waals surface area (Å²) in [6.45, 7) is 2.99. The molecule has 0 bridgehead atoms. The van der Waals surface area contributed by atoms with E-state index in [1.807, 2.05) is 13.0 Å². The molecule has 0 spiro atoms. The molecule has 0 radical (unpaired) electrons. The van der Waals surface area contributed by atoms with Gasteiger partial charge in [-0.3, -0.25) is 9.59 Å². The zero-order valence-electron chi connectivity index (χ0n) is 17.9. The molecule has 1 aromatic carbocycles. The first-order valence-electron chi connectivity index (χ1n) is 10.4. The maximum absolute atomic E-state index is 12.6. The molecule has 1 amide bonds. The zero-order chi connectivity index (χ0) is 22.1. The smallest absolute Gasteiger partial charge is 0.343 e. The van der Waals surface area contributed by atoms with Crippen molar-refractivity contribution in [1.82, 2.24) is 14.9 Å². The number of benzene rings is 1. The monoisotopic (exact) mass is 423 g/mol. The van der Waals surface area contributed by atoms with E-state index in [4.69, 9.17) is 9.15 Å². The standard InChI is InChI=1S/C23H25N3O5/c1-13(16-9-8-15-6-4-5-7-17(15)10-16)25-18(27)11-30-23(29)19-14(2)31-21-20(19)22(28)26(3)12-24-21/h8-10,12-13H,4-7,11H2,1-3H3,(H,25,27). The van der Waals surface area contributed by atoms with Crippen molar-refractivity contribution in [2.24, 2.45) is 7.05 Å². The summed E-state index contributed by atoms with van der Waals surface area (Å²) in [5, 5.41) is 2.91. The highest BCUT2D eigenvalue weighted by atomic mass is 16.5. The van der Waals surface area contributed by atoms with Crippen LogP contribution in [0, 0.1) is 6.92 Å². The Morgan fingerprint density at radius 3 is 2.77 bits per heavy atom. The molecule has 0 aliphatic heterocycles. The lowest BCUT2D eigenvalue weighted by molar-refractivity contribution is -0.124. The molecule has 8 nitrogen and oxygen atoms in total. The van der Waals surface area contributed by atoms with Crippen LogP contribution in [0.4, 0.5) is 0 Å². The number of carbonyl (C=O) groups excluding carboxylic acids is 2. The third kappa shape index (κ3) is 4.10. The number of esters is 1. The minimum Gasteiger partial charge on any atom is -0.452 e. The zero-order valence-corrected chi connectivity index (χ0v) is 17.9. The molecule has 1 unspecified atom stereocenters. The summed E-state index contributed by atoms with van der Waals surface area (Å²) in [6.07, 6.45) is 5.89. The summed E-state index contributed by atoms with van der Waals surface area (Å²) in [5.74, 6) is -0.994. The van der Waals surface area contributed by atoms with Crippen LogP contribution in [0.2, 0.25) is 0 Å². The Morgan fingerprint density at radius 1 is 1.26 bits per heavy atom. The van der Waals surface area contributed by atoms with Gasteiger partial charge in [-0.1, -0.05) is 18.2 Å². The number of aromatic nitrogens is 2. The molecule has 1 N–H and O–H groups in total. The van der Waals surface area contributed by atoms with Crippen molar-refractivity contribution < 1.29 is 18.7 Å². The lowest BCUT2D eigenvalue weighted by Crippen LogP contribution is -2.31. The SMILES string of the molecule is Cc1oc2ncn(C)c(=O)c2c1C(=O)OCC(=O)NC(C)c1ccc2c(c1)CCCC2. The predicted octanol–water partition coefficient (Wildman–Crippen LogP) is 2.75. The van der Waals surface area contributed by atoms with Gasteiger partial charge in [0.15, 0.2) is 6.61 Å². The molecule has 0 fully saturated rings. The Labute approximate surface area is 179 Å². The van der Waals surface area contributed by atoms with E-state index in [0.717, 1.165) is 18.4 Å². The van der Waals surface area contributed by atoms with Crippen molar-refractivity contribution in [2.75, 3.05) is 6.61 Å². The predicted molar refractivity (Wildman–Crippen MR) is 114 cm³/mol. The van der Waals surface area contributed by atoms with Gasteiger partial charge in [-0.15, -0.1) is 0 Å². The van der Waals surface area contributed by atoms with Gasteiger partial charge in [-0.2, -0.15) is 0 Å². The molecule has 162 valence electrons. The Hall–Kier alpha value is -3.42. The number of fused-ring (bicyclic) bond motifs is 2. The van der Waals surface area contributed by atoms with Crippen LogP contribution in [-0.2, 0) is 29.4 Å². The van der Waals surface area contributed by atoms with Crippen molar-refractivity contribution in [3.05, 3.63) is 62.9 Å². The lowest BCUT2D eigenvalue weighted by Gasteiger charge is -2.20. The molecule has 3 aromatic rings. The highest BCUT2D eigenvalue weighted by Gasteiger charge is 2.24. The van der Waals surface area contributed by atoms with Crippen molar-refractivity contribution in [2.45, 2.75) is 45.6 Å². The Bertz CT molecular complexity index is 1220. The van der Waals surface area contributed by atoms with E-state index in [1.54, 1.807) is 6.92 Å². The first kappa shape index (κ1) is 20.8. The number of nitrogens with one attached hydrogen (secondary N) is 1. The average Bonchev–Trinajstić information content (AvgIpc) is 3.11. The summed E-state index contributed by atoms with van der Waals surface area (Å²) in [5.41, 5.74) is 3.39. The van der Waals surface area contributed by atoms with E-state index < -0.39 is 24.0 Å². The van der Waals surface area contributed by atoms with Crippen molar-refractivity contribution in [3.8, 4) is 0 Å². The largest absolute Gasteiger partial charge is 0.452 e. The molecule has 1 atom stereocenters. The van der Waals surface area contributed by atoms with Gasteiger partial charge in [-0.05, 0) is 56.2 Å². The molecule has 1 aliphatic carbocycles. The van der Waals surface area contributed by atoms with E-state index in [1.165, 1.54) is 41.9 Å². The Kier molecular flexibility index (Phi) is 5.63. The van der Waals surface area contributed by atoms with E-state index in [-0.39, 0.29) is 28.5 Å².